The average molecular weight is 319 g/mol. The number of rotatable bonds is 4. The Balaban J connectivity index is 2.54. The highest BCUT2D eigenvalue weighted by molar-refractivity contribution is 7.92. The molecule has 4 nitrogen and oxygen atoms in total. The molecule has 0 fully saturated rings. The van der Waals surface area contributed by atoms with Gasteiger partial charge in [-0.3, -0.25) is 4.31 Å². The minimum Gasteiger partial charge on any atom is -0.495 e. The Labute approximate surface area is 132 Å². The molecule has 22 heavy (non-hydrogen) atoms. The summed E-state index contributed by atoms with van der Waals surface area (Å²) < 4.78 is 32.3. The van der Waals surface area contributed by atoms with Gasteiger partial charge in [-0.05, 0) is 61.7 Å². The van der Waals surface area contributed by atoms with Crippen LogP contribution in [0.2, 0.25) is 0 Å². The molecular weight excluding hydrogens is 298 g/mol. The fourth-order valence-electron chi connectivity index (χ4n) is 2.19. The molecular formula is C17H21NO3S. The van der Waals surface area contributed by atoms with Crippen LogP contribution in [-0.2, 0) is 10.0 Å². The minimum atomic E-state index is -3.68. The van der Waals surface area contributed by atoms with Crippen LogP contribution in [0.3, 0.4) is 0 Å². The third-order valence-corrected chi connectivity index (χ3v) is 5.62. The van der Waals surface area contributed by atoms with E-state index in [0.717, 1.165) is 16.7 Å². The fourth-order valence-corrected chi connectivity index (χ4v) is 3.62. The quantitative estimate of drug-likeness (QED) is 0.867. The summed E-state index contributed by atoms with van der Waals surface area (Å²) in [5, 5.41) is 0. The highest BCUT2D eigenvalue weighted by atomic mass is 32.2. The molecule has 0 heterocycles. The zero-order chi connectivity index (χ0) is 16.5. The maximum Gasteiger partial charge on any atom is 0.267 e. The van der Waals surface area contributed by atoms with Crippen LogP contribution in [0.4, 0.5) is 5.69 Å². The lowest BCUT2D eigenvalue weighted by atomic mass is 10.1. The van der Waals surface area contributed by atoms with Gasteiger partial charge in [0.1, 0.15) is 10.6 Å². The van der Waals surface area contributed by atoms with Crippen molar-refractivity contribution in [2.24, 2.45) is 0 Å². The summed E-state index contributed by atoms with van der Waals surface area (Å²) in [6, 6.07) is 10.7. The van der Waals surface area contributed by atoms with Crippen LogP contribution in [0.25, 0.3) is 0 Å². The van der Waals surface area contributed by atoms with E-state index in [-0.39, 0.29) is 4.90 Å². The Bertz CT molecular complexity index is 798. The lowest BCUT2D eigenvalue weighted by Gasteiger charge is -2.22. The van der Waals surface area contributed by atoms with E-state index in [4.69, 9.17) is 4.74 Å². The van der Waals surface area contributed by atoms with Crippen molar-refractivity contribution in [1.82, 2.24) is 0 Å². The number of nitrogens with zero attached hydrogens (tertiary/aromatic N) is 1. The van der Waals surface area contributed by atoms with Crippen molar-refractivity contribution in [1.29, 1.82) is 0 Å². The van der Waals surface area contributed by atoms with Gasteiger partial charge in [0.2, 0.25) is 0 Å². The summed E-state index contributed by atoms with van der Waals surface area (Å²) in [6.07, 6.45) is 0. The number of hydrogen-bond acceptors (Lipinski definition) is 3. The minimum absolute atomic E-state index is 0.177. The third-order valence-electron chi connectivity index (χ3n) is 3.81. The van der Waals surface area contributed by atoms with E-state index in [1.807, 2.05) is 45.0 Å². The molecule has 5 heteroatoms. The molecule has 0 aromatic heterocycles. The molecule has 0 radical (unpaired) electrons. The molecule has 0 bridgehead atoms. The topological polar surface area (TPSA) is 46.6 Å². The molecule has 0 atom stereocenters. The summed E-state index contributed by atoms with van der Waals surface area (Å²) in [7, 11) is -0.650. The highest BCUT2D eigenvalue weighted by Gasteiger charge is 2.25. The summed E-state index contributed by atoms with van der Waals surface area (Å²) in [5.41, 5.74) is 3.68. The molecule has 0 aliphatic rings. The monoisotopic (exact) mass is 319 g/mol. The van der Waals surface area contributed by atoms with E-state index in [9.17, 15) is 8.42 Å². The number of aryl methyl sites for hydroxylation is 3. The number of anilines is 1. The van der Waals surface area contributed by atoms with Gasteiger partial charge in [-0.15, -0.1) is 0 Å². The van der Waals surface area contributed by atoms with E-state index in [0.29, 0.717) is 11.4 Å². The van der Waals surface area contributed by atoms with E-state index in [1.165, 1.54) is 11.4 Å². The first-order valence-electron chi connectivity index (χ1n) is 6.98. The molecule has 0 saturated carbocycles. The van der Waals surface area contributed by atoms with E-state index < -0.39 is 10.0 Å². The predicted octanol–water partition coefficient (Wildman–Crippen LogP) is 3.45. The van der Waals surface area contributed by atoms with Gasteiger partial charge in [0.25, 0.3) is 10.0 Å². The number of benzene rings is 2. The second-order valence-corrected chi connectivity index (χ2v) is 7.33. The molecule has 0 unspecified atom stereocenters. The fraction of sp³-hybridized carbons (Fsp3) is 0.294. The first-order valence-corrected chi connectivity index (χ1v) is 8.42. The van der Waals surface area contributed by atoms with Gasteiger partial charge in [0, 0.05) is 7.05 Å². The number of hydrogen-bond donors (Lipinski definition) is 0. The van der Waals surface area contributed by atoms with E-state index in [2.05, 4.69) is 0 Å². The number of methoxy groups -OCH3 is 1. The van der Waals surface area contributed by atoms with Gasteiger partial charge in [0.15, 0.2) is 0 Å². The first kappa shape index (κ1) is 16.4. The van der Waals surface area contributed by atoms with Crippen molar-refractivity contribution in [2.45, 2.75) is 25.7 Å². The Hall–Kier alpha value is -2.01. The van der Waals surface area contributed by atoms with Crippen molar-refractivity contribution in [3.8, 4) is 5.75 Å². The van der Waals surface area contributed by atoms with Gasteiger partial charge >= 0.3 is 0 Å². The smallest absolute Gasteiger partial charge is 0.267 e. The molecule has 0 N–H and O–H groups in total. The highest BCUT2D eigenvalue weighted by Crippen LogP contribution is 2.30. The molecule has 2 aromatic carbocycles. The van der Waals surface area contributed by atoms with Crippen molar-refractivity contribution >= 4 is 15.7 Å². The maximum atomic E-state index is 12.9. The molecule has 0 amide bonds. The summed E-state index contributed by atoms with van der Waals surface area (Å²) in [6.45, 7) is 5.82. The van der Waals surface area contributed by atoms with E-state index >= 15 is 0 Å². The average Bonchev–Trinajstić information content (AvgIpc) is 2.49. The van der Waals surface area contributed by atoms with Crippen LogP contribution in [0, 0.1) is 20.8 Å². The molecule has 0 aliphatic carbocycles. The van der Waals surface area contributed by atoms with Crippen molar-refractivity contribution in [3.05, 3.63) is 53.1 Å². The molecule has 0 spiro atoms. The van der Waals surface area contributed by atoms with Gasteiger partial charge < -0.3 is 4.74 Å². The predicted molar refractivity (Wildman–Crippen MR) is 89.2 cm³/mol. The van der Waals surface area contributed by atoms with Gasteiger partial charge in [-0.1, -0.05) is 12.1 Å². The van der Waals surface area contributed by atoms with Crippen LogP contribution in [0.1, 0.15) is 16.7 Å². The molecule has 0 aliphatic heterocycles. The third kappa shape index (κ3) is 2.95. The summed E-state index contributed by atoms with van der Waals surface area (Å²) >= 11 is 0. The summed E-state index contributed by atoms with van der Waals surface area (Å²) in [5.74, 6) is 0.348. The van der Waals surface area contributed by atoms with Crippen LogP contribution < -0.4 is 9.04 Å². The van der Waals surface area contributed by atoms with Gasteiger partial charge in [-0.25, -0.2) is 8.42 Å². The Kier molecular flexibility index (Phi) is 4.47. The SMILES string of the molecule is COc1ccc(C)cc1S(=O)(=O)N(C)c1ccc(C)c(C)c1. The van der Waals surface area contributed by atoms with Gasteiger partial charge in [-0.2, -0.15) is 0 Å². The Morgan fingerprint density at radius 2 is 1.64 bits per heavy atom. The Morgan fingerprint density at radius 3 is 2.23 bits per heavy atom. The zero-order valence-electron chi connectivity index (χ0n) is 13.5. The summed E-state index contributed by atoms with van der Waals surface area (Å²) in [4.78, 5) is 0.177. The van der Waals surface area contributed by atoms with E-state index in [1.54, 1.807) is 19.2 Å². The molecule has 118 valence electrons. The number of sulfonamides is 1. The molecule has 0 saturated heterocycles. The standard InChI is InChI=1S/C17H21NO3S/c1-12-6-9-16(21-5)17(10-12)22(19,20)18(4)15-8-7-13(2)14(3)11-15/h6-11H,1-5H3. The lowest BCUT2D eigenvalue weighted by Crippen LogP contribution is -2.27. The zero-order valence-corrected chi connectivity index (χ0v) is 14.4. The Morgan fingerprint density at radius 1 is 0.955 bits per heavy atom. The lowest BCUT2D eigenvalue weighted by molar-refractivity contribution is 0.402. The van der Waals surface area contributed by atoms with Crippen molar-refractivity contribution in [2.75, 3.05) is 18.5 Å². The molecule has 2 rings (SSSR count). The van der Waals surface area contributed by atoms with Crippen molar-refractivity contribution < 1.29 is 13.2 Å². The van der Waals surface area contributed by atoms with Crippen LogP contribution in [0.15, 0.2) is 41.3 Å². The molecule has 2 aromatic rings. The van der Waals surface area contributed by atoms with Crippen molar-refractivity contribution in [3.63, 3.8) is 0 Å². The number of ether oxygens (including phenoxy) is 1. The largest absolute Gasteiger partial charge is 0.495 e. The first-order chi connectivity index (χ1) is 10.3. The second-order valence-electron chi connectivity index (χ2n) is 5.40. The normalized spacial score (nSPS) is 11.3. The van der Waals surface area contributed by atoms with Crippen LogP contribution >= 0.6 is 0 Å². The van der Waals surface area contributed by atoms with Gasteiger partial charge in [0.05, 0.1) is 12.8 Å². The van der Waals surface area contributed by atoms with Crippen LogP contribution in [0.5, 0.6) is 5.75 Å². The maximum absolute atomic E-state index is 12.9. The second kappa shape index (κ2) is 6.01. The van der Waals surface area contributed by atoms with Crippen LogP contribution in [-0.4, -0.2) is 22.6 Å².